The molecule has 8 nitrogen and oxygen atoms in total. The number of fused-ring (bicyclic) bond motifs is 1. The van der Waals surface area contributed by atoms with Gasteiger partial charge in [-0.05, 0) is 18.2 Å². The molecule has 4 rings (SSSR count). The molecule has 2 heterocycles. The number of carboxylic acids is 1. The van der Waals surface area contributed by atoms with Crippen LogP contribution in [0.5, 0.6) is 5.88 Å². The number of rotatable bonds is 5. The number of benzene rings is 2. The number of aromatic nitrogens is 4. The van der Waals surface area contributed by atoms with Crippen LogP contribution in [-0.2, 0) is 9.59 Å². The van der Waals surface area contributed by atoms with Crippen LogP contribution in [0.25, 0.3) is 28.0 Å². The van der Waals surface area contributed by atoms with Crippen LogP contribution in [0.2, 0.25) is 0 Å². The Bertz CT molecular complexity index is 1230. The van der Waals surface area contributed by atoms with E-state index in [9.17, 15) is 9.59 Å². The van der Waals surface area contributed by atoms with Crippen molar-refractivity contribution in [2.75, 3.05) is 0 Å². The first kappa shape index (κ1) is 18.1. The first-order valence-corrected chi connectivity index (χ1v) is 8.58. The molecule has 142 valence electrons. The van der Waals surface area contributed by atoms with Crippen molar-refractivity contribution in [1.82, 2.24) is 19.5 Å². The van der Waals surface area contributed by atoms with Crippen LogP contribution in [-0.4, -0.2) is 36.6 Å². The summed E-state index contributed by atoms with van der Waals surface area (Å²) in [6, 6.07) is 15.4. The van der Waals surface area contributed by atoms with E-state index in [0.717, 1.165) is 28.2 Å². The van der Waals surface area contributed by atoms with Gasteiger partial charge in [0.05, 0.1) is 11.7 Å². The van der Waals surface area contributed by atoms with Crippen LogP contribution < -0.4 is 4.74 Å². The van der Waals surface area contributed by atoms with Gasteiger partial charge >= 0.3 is 11.9 Å². The smallest absolute Gasteiger partial charge is 0.337 e. The molecule has 1 N–H and O–H groups in total. The molecule has 4 aromatic rings. The van der Waals surface area contributed by atoms with E-state index in [2.05, 4.69) is 15.0 Å². The largest absolute Gasteiger partial charge is 0.478 e. The third kappa shape index (κ3) is 4.16. The van der Waals surface area contributed by atoms with E-state index in [-0.39, 0.29) is 5.88 Å². The highest BCUT2D eigenvalue weighted by Crippen LogP contribution is 2.21. The minimum Gasteiger partial charge on any atom is -0.478 e. The van der Waals surface area contributed by atoms with E-state index in [1.807, 2.05) is 48.5 Å². The molecule has 0 atom stereocenters. The average Bonchev–Trinajstić information content (AvgIpc) is 3.20. The zero-order chi connectivity index (χ0) is 20.2. The lowest BCUT2D eigenvalue weighted by Gasteiger charge is -2.05. The number of hydrogen-bond donors (Lipinski definition) is 1. The summed E-state index contributed by atoms with van der Waals surface area (Å²) in [7, 11) is 0. The summed E-state index contributed by atoms with van der Waals surface area (Å²) in [6.07, 6.45) is 6.28. The number of imidazole rings is 1. The number of carbonyl (C=O) groups excluding carboxylic acids is 1. The van der Waals surface area contributed by atoms with Gasteiger partial charge in [-0.1, -0.05) is 30.3 Å². The van der Waals surface area contributed by atoms with Crippen molar-refractivity contribution >= 4 is 22.8 Å². The second-order valence-electron chi connectivity index (χ2n) is 6.01. The van der Waals surface area contributed by atoms with Gasteiger partial charge in [0.15, 0.2) is 5.82 Å². The minimum atomic E-state index is -1.23. The van der Waals surface area contributed by atoms with Gasteiger partial charge in [-0.15, -0.1) is 0 Å². The Morgan fingerprint density at radius 3 is 2.66 bits per heavy atom. The Balaban J connectivity index is 1.56. The lowest BCUT2D eigenvalue weighted by atomic mass is 10.2. The molecule has 2 aromatic heterocycles. The summed E-state index contributed by atoms with van der Waals surface area (Å²) in [4.78, 5) is 35.0. The van der Waals surface area contributed by atoms with Gasteiger partial charge in [-0.25, -0.2) is 24.5 Å². The van der Waals surface area contributed by atoms with Crippen LogP contribution in [0, 0.1) is 0 Å². The highest BCUT2D eigenvalue weighted by Gasteiger charge is 2.08. The zero-order valence-corrected chi connectivity index (χ0v) is 15.0. The molecule has 0 aliphatic carbocycles. The van der Waals surface area contributed by atoms with Gasteiger partial charge in [0.25, 0.3) is 0 Å². The quantitative estimate of drug-likeness (QED) is 0.415. The molecule has 8 heteroatoms. The van der Waals surface area contributed by atoms with E-state index in [1.54, 1.807) is 10.8 Å². The number of carboxylic acid groups (broad SMARTS) is 1. The molecule has 0 fully saturated rings. The molecule has 0 aliphatic heterocycles. The third-order valence-corrected chi connectivity index (χ3v) is 4.02. The van der Waals surface area contributed by atoms with Gasteiger partial charge in [0.1, 0.15) is 6.33 Å². The van der Waals surface area contributed by atoms with Crippen molar-refractivity contribution in [3.8, 4) is 23.0 Å². The summed E-state index contributed by atoms with van der Waals surface area (Å²) < 4.78 is 6.65. The predicted octanol–water partition coefficient (Wildman–Crippen LogP) is 3.03. The minimum absolute atomic E-state index is 0.0563. The summed E-state index contributed by atoms with van der Waals surface area (Å²) in [5, 5.41) is 9.37. The molecular weight excluding hydrogens is 372 g/mol. The predicted molar refractivity (Wildman–Crippen MR) is 105 cm³/mol. The monoisotopic (exact) mass is 386 g/mol. The van der Waals surface area contributed by atoms with E-state index < -0.39 is 11.9 Å². The van der Waals surface area contributed by atoms with Crippen molar-refractivity contribution < 1.29 is 19.4 Å². The summed E-state index contributed by atoms with van der Waals surface area (Å²) in [5.41, 5.74) is 2.52. The number of ether oxygens (including phenoxy) is 1. The van der Waals surface area contributed by atoms with Gasteiger partial charge in [0.2, 0.25) is 5.88 Å². The second-order valence-corrected chi connectivity index (χ2v) is 6.01. The fraction of sp³-hybridized carbons (Fsp3) is 0. The Labute approximate surface area is 164 Å². The molecule has 0 saturated heterocycles. The van der Waals surface area contributed by atoms with Crippen molar-refractivity contribution in [3.63, 3.8) is 0 Å². The van der Waals surface area contributed by atoms with Crippen LogP contribution in [0.3, 0.4) is 0 Å². The molecule has 0 spiro atoms. The average molecular weight is 386 g/mol. The maximum absolute atomic E-state index is 11.5. The molecule has 0 radical (unpaired) electrons. The summed E-state index contributed by atoms with van der Waals surface area (Å²) in [5.74, 6) is -1.35. The Morgan fingerprint density at radius 2 is 1.86 bits per heavy atom. The van der Waals surface area contributed by atoms with Gasteiger partial charge in [-0.2, -0.15) is 0 Å². The molecule has 0 unspecified atom stereocenters. The molecule has 29 heavy (non-hydrogen) atoms. The van der Waals surface area contributed by atoms with Crippen molar-refractivity contribution in [3.05, 3.63) is 79.4 Å². The Morgan fingerprint density at radius 1 is 1.03 bits per heavy atom. The number of hydrogen-bond acceptors (Lipinski definition) is 6. The van der Waals surface area contributed by atoms with E-state index in [1.165, 1.54) is 12.5 Å². The Hall–Kier alpha value is -4.33. The van der Waals surface area contributed by atoms with E-state index in [0.29, 0.717) is 11.9 Å². The lowest BCUT2D eigenvalue weighted by molar-refractivity contribution is -0.133. The number of aliphatic carboxylic acids is 1. The van der Waals surface area contributed by atoms with Crippen molar-refractivity contribution in [2.45, 2.75) is 0 Å². The van der Waals surface area contributed by atoms with E-state index in [4.69, 9.17) is 9.84 Å². The maximum Gasteiger partial charge on any atom is 0.337 e. The van der Waals surface area contributed by atoms with Crippen molar-refractivity contribution in [2.24, 2.45) is 0 Å². The maximum atomic E-state index is 11.5. The lowest BCUT2D eigenvalue weighted by Crippen LogP contribution is -2.05. The fourth-order valence-corrected chi connectivity index (χ4v) is 2.68. The van der Waals surface area contributed by atoms with Gasteiger partial charge in [0, 0.05) is 35.0 Å². The molecule has 0 aliphatic rings. The molecule has 0 amide bonds. The van der Waals surface area contributed by atoms with Crippen molar-refractivity contribution in [1.29, 1.82) is 0 Å². The number of carbonyl (C=O) groups is 2. The van der Waals surface area contributed by atoms with Gasteiger partial charge < -0.3 is 14.4 Å². The molecule has 2 aromatic carbocycles. The summed E-state index contributed by atoms with van der Waals surface area (Å²) in [6.45, 7) is 0. The first-order chi connectivity index (χ1) is 14.1. The van der Waals surface area contributed by atoms with Gasteiger partial charge in [-0.3, -0.25) is 0 Å². The van der Waals surface area contributed by atoms with E-state index >= 15 is 0 Å². The van der Waals surface area contributed by atoms with Crippen LogP contribution in [0.1, 0.15) is 0 Å². The van der Waals surface area contributed by atoms with Crippen LogP contribution in [0.4, 0.5) is 0 Å². The SMILES string of the molecule is O=C(O)/C=C\C(=O)Oc1cn(-c2ccc3nc(-c4ccccc4)ncc3c2)cn1. The Kier molecular flexibility index (Phi) is 4.81. The molecule has 0 saturated carbocycles. The normalized spacial score (nSPS) is 11.0. The summed E-state index contributed by atoms with van der Waals surface area (Å²) >= 11 is 0. The highest BCUT2D eigenvalue weighted by atomic mass is 16.5. The third-order valence-electron chi connectivity index (χ3n) is 4.02. The molecular formula is C21H14N4O4. The zero-order valence-electron chi connectivity index (χ0n) is 15.0. The van der Waals surface area contributed by atoms with Crippen LogP contribution >= 0.6 is 0 Å². The first-order valence-electron chi connectivity index (χ1n) is 8.58. The number of esters is 1. The standard InChI is InChI=1S/C21H14N4O4/c26-19(27)8-9-20(28)29-18-12-25(13-23-18)16-6-7-17-15(10-16)11-22-21(24-17)14-4-2-1-3-5-14/h1-13H,(H,26,27)/b9-8-. The second kappa shape index (κ2) is 7.73. The fourth-order valence-electron chi connectivity index (χ4n) is 2.68. The van der Waals surface area contributed by atoms with Crippen LogP contribution in [0.15, 0.2) is 79.4 Å². The molecule has 0 bridgehead atoms. The topological polar surface area (TPSA) is 107 Å². The highest BCUT2D eigenvalue weighted by molar-refractivity contribution is 5.91. The number of nitrogens with zero attached hydrogens (tertiary/aromatic N) is 4.